The number of benzene rings is 3. The van der Waals surface area contributed by atoms with Crippen LogP contribution in [0.2, 0.25) is 0 Å². The summed E-state index contributed by atoms with van der Waals surface area (Å²) in [6, 6.07) is 15.8. The van der Waals surface area contributed by atoms with Crippen LogP contribution in [0.1, 0.15) is 31.2 Å². The summed E-state index contributed by atoms with van der Waals surface area (Å²) in [4.78, 5) is 33.5. The first kappa shape index (κ1) is 22.4. The van der Waals surface area contributed by atoms with Gasteiger partial charge in [0.25, 0.3) is 11.8 Å². The summed E-state index contributed by atoms with van der Waals surface area (Å²) in [5, 5.41) is 21.9. The first-order valence-corrected chi connectivity index (χ1v) is 12.7. The number of aromatic hydroxyl groups is 1. The van der Waals surface area contributed by atoms with Gasteiger partial charge in [0.05, 0.1) is 5.56 Å². The van der Waals surface area contributed by atoms with Gasteiger partial charge in [0, 0.05) is 30.9 Å². The molecule has 0 radical (unpaired) electrons. The van der Waals surface area contributed by atoms with E-state index >= 15 is 4.39 Å². The van der Waals surface area contributed by atoms with Crippen molar-refractivity contribution in [3.63, 3.8) is 0 Å². The zero-order chi connectivity index (χ0) is 25.5. The van der Waals surface area contributed by atoms with E-state index in [4.69, 9.17) is 4.99 Å². The summed E-state index contributed by atoms with van der Waals surface area (Å²) >= 11 is 0. The number of hydrogen-bond acceptors (Lipinski definition) is 5. The average Bonchev–Trinajstić information content (AvgIpc) is 3.78. The second-order valence-corrected chi connectivity index (χ2v) is 10.9. The molecule has 0 bridgehead atoms. The number of likely N-dealkylation sites (tertiary alicyclic amines) is 1. The third-order valence-electron chi connectivity index (χ3n) is 8.15. The predicted octanol–water partition coefficient (Wildman–Crippen LogP) is 3.46. The van der Waals surface area contributed by atoms with Crippen molar-refractivity contribution in [1.82, 2.24) is 9.80 Å². The summed E-state index contributed by atoms with van der Waals surface area (Å²) < 4.78 is 15.5. The van der Waals surface area contributed by atoms with Crippen LogP contribution in [-0.2, 0) is 9.59 Å². The van der Waals surface area contributed by atoms with Gasteiger partial charge in [-0.3, -0.25) is 19.5 Å². The zero-order valence-corrected chi connectivity index (χ0v) is 20.2. The zero-order valence-electron chi connectivity index (χ0n) is 20.2. The topological polar surface area (TPSA) is 93.4 Å². The third kappa shape index (κ3) is 3.54. The lowest BCUT2D eigenvalue weighted by Crippen LogP contribution is -2.57. The Morgan fingerprint density at radius 3 is 2.46 bits per heavy atom. The maximum absolute atomic E-state index is 15.5. The van der Waals surface area contributed by atoms with E-state index in [-0.39, 0.29) is 29.0 Å². The van der Waals surface area contributed by atoms with Gasteiger partial charge in [-0.25, -0.2) is 4.39 Å². The van der Waals surface area contributed by atoms with E-state index in [1.807, 2.05) is 30.3 Å². The molecule has 2 aliphatic heterocycles. The second kappa shape index (κ2) is 7.61. The molecule has 4 aliphatic rings. The highest BCUT2D eigenvalue weighted by atomic mass is 19.1. The largest absolute Gasteiger partial charge is 0.507 e. The maximum atomic E-state index is 15.5. The lowest BCUT2D eigenvalue weighted by Gasteiger charge is -2.42. The Balaban J connectivity index is 1.14. The van der Waals surface area contributed by atoms with Crippen LogP contribution in [0.3, 0.4) is 0 Å². The Kier molecular flexibility index (Phi) is 4.61. The van der Waals surface area contributed by atoms with E-state index in [1.165, 1.54) is 6.07 Å². The van der Waals surface area contributed by atoms with Crippen molar-refractivity contribution >= 4 is 28.4 Å². The molecule has 0 unspecified atom stereocenters. The minimum Gasteiger partial charge on any atom is -0.507 e. The molecule has 1 spiro atoms. The van der Waals surface area contributed by atoms with Crippen LogP contribution in [0.15, 0.2) is 59.6 Å². The molecule has 2 aliphatic carbocycles. The molecule has 2 heterocycles. The van der Waals surface area contributed by atoms with Crippen molar-refractivity contribution < 1.29 is 24.2 Å². The van der Waals surface area contributed by atoms with Gasteiger partial charge in [0.1, 0.15) is 28.5 Å². The Bertz CT molecular complexity index is 1520. The number of amidine groups is 1. The number of amides is 2. The number of phenolic OH excluding ortho intramolecular Hbond substituents is 1. The molecule has 2 saturated carbocycles. The molecule has 2 amide bonds. The fraction of sp³-hybridized carbons (Fsp3) is 0.345. The highest BCUT2D eigenvalue weighted by molar-refractivity contribution is 6.16. The number of aliphatic imine (C=N–C) groups is 1. The molecule has 7 rings (SSSR count). The van der Waals surface area contributed by atoms with Crippen molar-refractivity contribution in [2.75, 3.05) is 19.6 Å². The van der Waals surface area contributed by atoms with Gasteiger partial charge in [0.15, 0.2) is 0 Å². The predicted molar refractivity (Wildman–Crippen MR) is 135 cm³/mol. The third-order valence-corrected chi connectivity index (χ3v) is 8.15. The molecule has 3 aromatic carbocycles. The molecule has 188 valence electrons. The van der Waals surface area contributed by atoms with Gasteiger partial charge in [-0.2, -0.15) is 0 Å². The fourth-order valence-electron chi connectivity index (χ4n) is 5.53. The molecule has 3 aromatic rings. The number of aliphatic hydroxyl groups is 1. The minimum absolute atomic E-state index is 0.0574. The second-order valence-electron chi connectivity index (χ2n) is 10.9. The summed E-state index contributed by atoms with van der Waals surface area (Å²) in [5.74, 6) is -0.210. The van der Waals surface area contributed by atoms with Gasteiger partial charge in [-0.15, -0.1) is 0 Å². The molecule has 37 heavy (non-hydrogen) atoms. The Morgan fingerprint density at radius 1 is 1.03 bits per heavy atom. The highest BCUT2D eigenvalue weighted by Crippen LogP contribution is 2.47. The average molecular weight is 500 g/mol. The minimum atomic E-state index is -1.19. The van der Waals surface area contributed by atoms with E-state index in [0.717, 1.165) is 10.9 Å². The van der Waals surface area contributed by atoms with Crippen LogP contribution in [0.4, 0.5) is 4.39 Å². The van der Waals surface area contributed by atoms with Crippen LogP contribution in [0.25, 0.3) is 21.9 Å². The number of rotatable bonds is 5. The molecule has 8 heteroatoms. The molecule has 3 fully saturated rings. The van der Waals surface area contributed by atoms with Gasteiger partial charge in [-0.1, -0.05) is 30.3 Å². The summed E-state index contributed by atoms with van der Waals surface area (Å²) in [6.45, 7) is 1.32. The van der Waals surface area contributed by atoms with Gasteiger partial charge < -0.3 is 15.1 Å². The lowest BCUT2D eigenvalue weighted by molar-refractivity contribution is -0.149. The highest BCUT2D eigenvalue weighted by Gasteiger charge is 2.58. The first-order chi connectivity index (χ1) is 17.8. The monoisotopic (exact) mass is 499 g/mol. The smallest absolute Gasteiger partial charge is 0.256 e. The Morgan fingerprint density at radius 2 is 1.76 bits per heavy atom. The molecule has 2 N–H and O–H groups in total. The number of fused-ring (bicyclic) bond motifs is 1. The van der Waals surface area contributed by atoms with Gasteiger partial charge >= 0.3 is 0 Å². The van der Waals surface area contributed by atoms with Crippen molar-refractivity contribution in [1.29, 1.82) is 0 Å². The van der Waals surface area contributed by atoms with E-state index in [9.17, 15) is 19.8 Å². The summed E-state index contributed by atoms with van der Waals surface area (Å²) in [5.41, 5.74) is -0.234. The van der Waals surface area contributed by atoms with E-state index < -0.39 is 17.0 Å². The van der Waals surface area contributed by atoms with Crippen molar-refractivity contribution in [2.45, 2.75) is 36.8 Å². The molecule has 7 nitrogen and oxygen atoms in total. The van der Waals surface area contributed by atoms with Crippen molar-refractivity contribution in [2.24, 2.45) is 10.9 Å². The molecule has 0 aromatic heterocycles. The molecular weight excluding hydrogens is 473 g/mol. The van der Waals surface area contributed by atoms with E-state index in [1.54, 1.807) is 28.0 Å². The van der Waals surface area contributed by atoms with Crippen molar-refractivity contribution in [3.05, 3.63) is 66.0 Å². The Labute approximate surface area is 212 Å². The van der Waals surface area contributed by atoms with Crippen LogP contribution < -0.4 is 0 Å². The van der Waals surface area contributed by atoms with Crippen molar-refractivity contribution in [3.8, 4) is 16.9 Å². The van der Waals surface area contributed by atoms with Crippen LogP contribution in [0.5, 0.6) is 5.75 Å². The number of hydrogen-bond donors (Lipinski definition) is 2. The molecule has 0 atom stereocenters. The van der Waals surface area contributed by atoms with Gasteiger partial charge in [-0.05, 0) is 66.5 Å². The van der Waals surface area contributed by atoms with Gasteiger partial charge in [0.2, 0.25) is 0 Å². The molecular formula is C29H26FN3O4. The van der Waals surface area contributed by atoms with Crippen LogP contribution in [-0.4, -0.2) is 68.4 Å². The van der Waals surface area contributed by atoms with E-state index in [2.05, 4.69) is 0 Å². The lowest BCUT2D eigenvalue weighted by atomic mass is 9.97. The molecule has 1 saturated heterocycles. The summed E-state index contributed by atoms with van der Waals surface area (Å²) in [7, 11) is 0. The fourth-order valence-corrected chi connectivity index (χ4v) is 5.53. The number of nitrogens with zero attached hydrogens (tertiary/aromatic N) is 3. The standard InChI is InChI=1S/C29H26FN3O4/c30-23-13-20(19-5-4-18-2-1-3-24(34)22(18)12-19)6-7-21(23)25-31-28(8-9-28)26(35)33(25)16-17-14-32(15-17)27(36)29(37)10-11-29/h1-7,12-13,17,34,37H,8-11,14-16H2. The first-order valence-electron chi connectivity index (χ1n) is 12.7. The number of carbonyl (C=O) groups is 2. The van der Waals surface area contributed by atoms with E-state index in [0.29, 0.717) is 62.1 Å². The normalized spacial score (nSPS) is 21.4. The Hall–Kier alpha value is -3.78. The maximum Gasteiger partial charge on any atom is 0.256 e. The quantitative estimate of drug-likeness (QED) is 0.562. The van der Waals surface area contributed by atoms with Crippen LogP contribution in [0, 0.1) is 11.7 Å². The number of carbonyl (C=O) groups excluding carboxylic acids is 2. The number of phenols is 1. The SMILES string of the molecule is O=C(N1CC(CN2C(=O)C3(CC3)N=C2c2ccc(-c3ccc4cccc(O)c4c3)cc2F)C1)C1(O)CC1. The number of halogens is 1. The van der Waals surface area contributed by atoms with Crippen LogP contribution >= 0.6 is 0 Å². The summed E-state index contributed by atoms with van der Waals surface area (Å²) in [6.07, 6.45) is 2.34.